The predicted molar refractivity (Wildman–Crippen MR) is 63.0 cm³/mol. The van der Waals surface area contributed by atoms with Crippen LogP contribution in [-0.4, -0.2) is 35.5 Å². The first-order valence-electron chi connectivity index (χ1n) is 6.71. The Morgan fingerprint density at radius 2 is 2.06 bits per heavy atom. The highest BCUT2D eigenvalue weighted by molar-refractivity contribution is 5.81. The van der Waals surface area contributed by atoms with Crippen molar-refractivity contribution >= 4 is 5.91 Å². The highest BCUT2D eigenvalue weighted by Gasteiger charge is 2.45. The van der Waals surface area contributed by atoms with E-state index in [9.17, 15) is 4.79 Å². The number of carbonyl (C=O) groups is 1. The van der Waals surface area contributed by atoms with Gasteiger partial charge < -0.3 is 10.2 Å². The Bertz CT molecular complexity index is 298. The van der Waals surface area contributed by atoms with Gasteiger partial charge >= 0.3 is 0 Å². The first-order valence-corrected chi connectivity index (χ1v) is 6.71. The maximum absolute atomic E-state index is 12.5. The van der Waals surface area contributed by atoms with Crippen molar-refractivity contribution < 1.29 is 4.79 Å². The lowest BCUT2D eigenvalue weighted by Gasteiger charge is -2.28. The molecule has 5 atom stereocenters. The zero-order valence-electron chi connectivity index (χ0n) is 10.3. The molecule has 0 saturated carbocycles. The fraction of sp³-hybridized carbons (Fsp3) is 0.923. The summed E-state index contributed by atoms with van der Waals surface area (Å²) in [6.45, 7) is 5.43. The minimum atomic E-state index is 0.284. The lowest BCUT2D eigenvalue weighted by molar-refractivity contribution is -0.136. The van der Waals surface area contributed by atoms with Crippen LogP contribution in [0.25, 0.3) is 0 Å². The lowest BCUT2D eigenvalue weighted by atomic mass is 9.88. The van der Waals surface area contributed by atoms with Crippen molar-refractivity contribution in [1.29, 1.82) is 0 Å². The van der Waals surface area contributed by atoms with Gasteiger partial charge in [0.1, 0.15) is 0 Å². The third-order valence-electron chi connectivity index (χ3n) is 4.68. The van der Waals surface area contributed by atoms with Crippen LogP contribution in [0.1, 0.15) is 39.5 Å². The van der Waals surface area contributed by atoms with Crippen molar-refractivity contribution in [3.05, 3.63) is 0 Å². The van der Waals surface area contributed by atoms with E-state index in [0.29, 0.717) is 30.0 Å². The molecule has 0 aromatic heterocycles. The molecule has 90 valence electrons. The Balaban J connectivity index is 1.69. The summed E-state index contributed by atoms with van der Waals surface area (Å²) in [5.74, 6) is 1.40. The molecule has 3 heteroatoms. The molecular weight excluding hydrogens is 200 g/mol. The molecule has 0 aromatic rings. The minimum absolute atomic E-state index is 0.284. The van der Waals surface area contributed by atoms with Crippen LogP contribution in [0.4, 0.5) is 0 Å². The number of carbonyl (C=O) groups excluding carboxylic acids is 1. The van der Waals surface area contributed by atoms with Crippen LogP contribution in [0.5, 0.6) is 0 Å². The van der Waals surface area contributed by atoms with Gasteiger partial charge in [0.15, 0.2) is 0 Å². The molecule has 3 rings (SSSR count). The molecule has 2 bridgehead atoms. The first-order chi connectivity index (χ1) is 7.65. The third-order valence-corrected chi connectivity index (χ3v) is 4.68. The summed E-state index contributed by atoms with van der Waals surface area (Å²) in [6.07, 6.45) is 4.75. The highest BCUT2D eigenvalue weighted by atomic mass is 16.2. The SMILES string of the molecule is CC1CC(C)N(C(=O)C2CC3CCC2N3)C1. The average Bonchev–Trinajstić information content (AvgIpc) is 2.91. The summed E-state index contributed by atoms with van der Waals surface area (Å²) in [4.78, 5) is 14.6. The Morgan fingerprint density at radius 3 is 2.56 bits per heavy atom. The van der Waals surface area contributed by atoms with Gasteiger partial charge in [-0.1, -0.05) is 6.92 Å². The van der Waals surface area contributed by atoms with Crippen molar-refractivity contribution in [2.45, 2.75) is 57.7 Å². The Kier molecular flexibility index (Phi) is 2.46. The van der Waals surface area contributed by atoms with E-state index in [1.165, 1.54) is 19.3 Å². The molecule has 3 fully saturated rings. The maximum atomic E-state index is 12.5. The normalized spacial score (nSPS) is 46.6. The molecule has 3 aliphatic rings. The summed E-state index contributed by atoms with van der Waals surface area (Å²) in [5.41, 5.74) is 0. The topological polar surface area (TPSA) is 32.3 Å². The van der Waals surface area contributed by atoms with Gasteiger partial charge in [0, 0.05) is 24.7 Å². The zero-order valence-corrected chi connectivity index (χ0v) is 10.3. The summed E-state index contributed by atoms with van der Waals surface area (Å²) < 4.78 is 0. The number of fused-ring (bicyclic) bond motifs is 2. The summed E-state index contributed by atoms with van der Waals surface area (Å²) in [5, 5.41) is 3.56. The highest BCUT2D eigenvalue weighted by Crippen LogP contribution is 2.36. The summed E-state index contributed by atoms with van der Waals surface area (Å²) in [6, 6.07) is 1.58. The van der Waals surface area contributed by atoms with Gasteiger partial charge in [-0.05, 0) is 38.5 Å². The van der Waals surface area contributed by atoms with E-state index in [4.69, 9.17) is 0 Å². The van der Waals surface area contributed by atoms with Crippen LogP contribution in [0.15, 0.2) is 0 Å². The molecule has 3 saturated heterocycles. The van der Waals surface area contributed by atoms with Crippen molar-refractivity contribution in [3.63, 3.8) is 0 Å². The molecule has 0 spiro atoms. The van der Waals surface area contributed by atoms with Gasteiger partial charge in [-0.15, -0.1) is 0 Å². The smallest absolute Gasteiger partial charge is 0.227 e. The van der Waals surface area contributed by atoms with Gasteiger partial charge in [0.2, 0.25) is 5.91 Å². The van der Waals surface area contributed by atoms with E-state index in [2.05, 4.69) is 24.1 Å². The number of likely N-dealkylation sites (tertiary alicyclic amines) is 1. The molecule has 0 radical (unpaired) electrons. The van der Waals surface area contributed by atoms with Crippen LogP contribution in [0.3, 0.4) is 0 Å². The zero-order chi connectivity index (χ0) is 11.3. The molecule has 0 aliphatic carbocycles. The van der Waals surface area contributed by atoms with Crippen LogP contribution in [0, 0.1) is 11.8 Å². The molecule has 16 heavy (non-hydrogen) atoms. The molecule has 3 nitrogen and oxygen atoms in total. The fourth-order valence-electron chi connectivity index (χ4n) is 3.92. The van der Waals surface area contributed by atoms with E-state index < -0.39 is 0 Å². The molecule has 1 N–H and O–H groups in total. The van der Waals surface area contributed by atoms with Crippen LogP contribution < -0.4 is 5.32 Å². The second-order valence-corrected chi connectivity index (χ2v) is 6.07. The number of amides is 1. The quantitative estimate of drug-likeness (QED) is 0.727. The third kappa shape index (κ3) is 1.56. The van der Waals surface area contributed by atoms with Crippen molar-refractivity contribution in [1.82, 2.24) is 10.2 Å². The average molecular weight is 222 g/mol. The van der Waals surface area contributed by atoms with E-state index in [0.717, 1.165) is 13.0 Å². The van der Waals surface area contributed by atoms with Crippen molar-refractivity contribution in [3.8, 4) is 0 Å². The lowest BCUT2D eigenvalue weighted by Crippen LogP contribution is -2.42. The molecule has 1 amide bonds. The van der Waals surface area contributed by atoms with E-state index in [1.807, 2.05) is 0 Å². The number of rotatable bonds is 1. The summed E-state index contributed by atoms with van der Waals surface area (Å²) >= 11 is 0. The van der Waals surface area contributed by atoms with Gasteiger partial charge in [-0.3, -0.25) is 4.79 Å². The van der Waals surface area contributed by atoms with E-state index in [-0.39, 0.29) is 5.92 Å². The monoisotopic (exact) mass is 222 g/mol. The number of hydrogen-bond acceptors (Lipinski definition) is 2. The van der Waals surface area contributed by atoms with Gasteiger partial charge in [-0.25, -0.2) is 0 Å². The number of nitrogens with one attached hydrogen (secondary N) is 1. The Hall–Kier alpha value is -0.570. The largest absolute Gasteiger partial charge is 0.339 e. The van der Waals surface area contributed by atoms with Gasteiger partial charge in [0.05, 0.1) is 5.92 Å². The Labute approximate surface area is 97.6 Å². The van der Waals surface area contributed by atoms with Crippen molar-refractivity contribution in [2.75, 3.05) is 6.54 Å². The van der Waals surface area contributed by atoms with Gasteiger partial charge in [-0.2, -0.15) is 0 Å². The minimum Gasteiger partial charge on any atom is -0.339 e. The molecule has 5 unspecified atom stereocenters. The molecule has 3 aliphatic heterocycles. The second kappa shape index (κ2) is 3.73. The standard InChI is InChI=1S/C13H22N2O/c1-8-5-9(2)15(7-8)13(16)11-6-10-3-4-12(11)14-10/h8-12,14H,3-7H2,1-2H3. The van der Waals surface area contributed by atoms with E-state index in [1.54, 1.807) is 0 Å². The maximum Gasteiger partial charge on any atom is 0.227 e. The first kappa shape index (κ1) is 10.6. The molecule has 3 heterocycles. The van der Waals surface area contributed by atoms with Crippen LogP contribution >= 0.6 is 0 Å². The van der Waals surface area contributed by atoms with E-state index >= 15 is 0 Å². The van der Waals surface area contributed by atoms with Crippen molar-refractivity contribution in [2.24, 2.45) is 11.8 Å². The fourth-order valence-corrected chi connectivity index (χ4v) is 3.92. The Morgan fingerprint density at radius 1 is 1.25 bits per heavy atom. The van der Waals surface area contributed by atoms with Crippen LogP contribution in [-0.2, 0) is 4.79 Å². The number of nitrogens with zero attached hydrogens (tertiary/aromatic N) is 1. The summed E-state index contributed by atoms with van der Waals surface area (Å²) in [7, 11) is 0. The van der Waals surface area contributed by atoms with Crippen LogP contribution in [0.2, 0.25) is 0 Å². The van der Waals surface area contributed by atoms with Gasteiger partial charge in [0.25, 0.3) is 0 Å². The molecular formula is C13H22N2O. The second-order valence-electron chi connectivity index (χ2n) is 6.07. The molecule has 0 aromatic carbocycles. The number of hydrogen-bond donors (Lipinski definition) is 1. The predicted octanol–water partition coefficient (Wildman–Crippen LogP) is 1.38.